The molecule has 0 aliphatic heterocycles. The molecule has 389 valence electrons. The van der Waals surface area contributed by atoms with E-state index in [1.807, 2.05) is 0 Å². The standard InChI is InChI=1S/C67H102BN2O/c1-23-26-30-48(4)49(5)45-51(69-43-34-55(63(12,13)14)54(29-24-2)62(9,10)11)35-44-70(52-32-28-37-64(15,16)39-40-65(17,18)38-33-52)60-59(68-50(25-3)31-27-36-61(6,7)8)53-46-56-57(47-58(53)71-60)67(21,22)42-41-66(56,19)20/h23,25-31,33-35,37-38,45-47,52,69H,24,32,36,39-44H2,1-22H3/b26-23-,31-27-,37-28+,38-33+,48-30+,49-45+,50-25+,51-35+,54-29+,55-34+. The maximum atomic E-state index is 7.48. The summed E-state index contributed by atoms with van der Waals surface area (Å²) in [6.45, 7) is 52.6. The monoisotopic (exact) mass is 962 g/mol. The summed E-state index contributed by atoms with van der Waals surface area (Å²) >= 11 is 0. The molecule has 1 aromatic heterocycles. The van der Waals surface area contributed by atoms with E-state index >= 15 is 0 Å². The molecule has 2 aromatic rings. The van der Waals surface area contributed by atoms with Gasteiger partial charge in [0, 0.05) is 24.2 Å². The maximum Gasteiger partial charge on any atom is 0.199 e. The largest absolute Gasteiger partial charge is 0.441 e. The minimum Gasteiger partial charge on any atom is -0.441 e. The Morgan fingerprint density at radius 2 is 1.37 bits per heavy atom. The highest BCUT2D eigenvalue weighted by Gasteiger charge is 2.39. The molecule has 3 nitrogen and oxygen atoms in total. The molecule has 1 heterocycles. The van der Waals surface area contributed by atoms with E-state index in [9.17, 15) is 0 Å². The van der Waals surface area contributed by atoms with Gasteiger partial charge in [0.25, 0.3) is 0 Å². The van der Waals surface area contributed by atoms with Crippen molar-refractivity contribution in [2.75, 3.05) is 18.0 Å². The van der Waals surface area contributed by atoms with E-state index in [1.165, 1.54) is 44.3 Å². The van der Waals surface area contributed by atoms with Crippen LogP contribution in [0.4, 0.5) is 5.88 Å². The van der Waals surface area contributed by atoms with Crippen LogP contribution in [0, 0.1) is 27.1 Å². The second-order valence-electron chi connectivity index (χ2n) is 27.2. The number of allylic oxidation sites excluding steroid dienone is 15. The molecule has 4 heteroatoms. The van der Waals surface area contributed by atoms with Crippen LogP contribution in [0.1, 0.15) is 208 Å². The first kappa shape index (κ1) is 59.4. The SMILES string of the molecule is C\C=C/C=C(C)/C(C)=C/C(=C\CN(c1oc2cc3c(cc2c1[B]C(/C=C\CC(C)(C)C)=C/C)C(C)(C)CCC3(C)C)C1/C=C/C(C)(C)CCC(C)(C)/C=C/C1)NC/C=C(\C(=C/CC)C(C)(C)C)C(C)(C)C. The number of rotatable bonds is 16. The average molecular weight is 962 g/mol. The van der Waals surface area contributed by atoms with Crippen LogP contribution >= 0.6 is 0 Å². The van der Waals surface area contributed by atoms with Crippen LogP contribution < -0.4 is 15.7 Å². The van der Waals surface area contributed by atoms with Gasteiger partial charge in [0.15, 0.2) is 13.2 Å². The quantitative estimate of drug-likeness (QED) is 0.103. The van der Waals surface area contributed by atoms with Crippen molar-refractivity contribution in [2.45, 2.75) is 214 Å². The Balaban J connectivity index is 2.10. The molecule has 1 aromatic carbocycles. The smallest absolute Gasteiger partial charge is 0.199 e. The van der Waals surface area contributed by atoms with Crippen molar-refractivity contribution in [3.63, 3.8) is 0 Å². The van der Waals surface area contributed by atoms with Gasteiger partial charge in [-0.3, -0.25) is 0 Å². The topological polar surface area (TPSA) is 28.4 Å². The molecule has 0 bridgehead atoms. The van der Waals surface area contributed by atoms with Crippen LogP contribution in [0.2, 0.25) is 0 Å². The molecule has 2 aliphatic carbocycles. The molecule has 2 aliphatic rings. The lowest BCUT2D eigenvalue weighted by atomic mass is 9.60. The zero-order valence-electron chi connectivity index (χ0n) is 49.6. The first-order valence-corrected chi connectivity index (χ1v) is 27.5. The molecule has 0 fully saturated rings. The summed E-state index contributed by atoms with van der Waals surface area (Å²) in [5, 5.41) is 5.17. The first-order chi connectivity index (χ1) is 32.7. The highest BCUT2D eigenvalue weighted by atomic mass is 16.4. The van der Waals surface area contributed by atoms with Gasteiger partial charge in [0.2, 0.25) is 0 Å². The van der Waals surface area contributed by atoms with Gasteiger partial charge in [-0.15, -0.1) is 0 Å². The minimum atomic E-state index is -0.0161. The van der Waals surface area contributed by atoms with Crippen molar-refractivity contribution in [3.8, 4) is 0 Å². The molecule has 1 radical (unpaired) electrons. The predicted octanol–water partition coefficient (Wildman–Crippen LogP) is 18.8. The number of benzene rings is 1. The van der Waals surface area contributed by atoms with E-state index in [1.54, 1.807) is 0 Å². The van der Waals surface area contributed by atoms with Gasteiger partial charge in [-0.05, 0) is 174 Å². The van der Waals surface area contributed by atoms with Gasteiger partial charge in [-0.2, -0.15) is 0 Å². The molecule has 4 rings (SSSR count). The van der Waals surface area contributed by atoms with E-state index in [2.05, 4.69) is 267 Å². The highest BCUT2D eigenvalue weighted by Crippen LogP contribution is 2.48. The molecule has 0 saturated heterocycles. The summed E-state index contributed by atoms with van der Waals surface area (Å²) in [7, 11) is 2.41. The second-order valence-corrected chi connectivity index (χ2v) is 27.2. The lowest BCUT2D eigenvalue weighted by Gasteiger charge is -2.41. The van der Waals surface area contributed by atoms with Crippen molar-refractivity contribution in [1.82, 2.24) is 5.32 Å². The third-order valence-electron chi connectivity index (χ3n) is 15.1. The summed E-state index contributed by atoms with van der Waals surface area (Å²) in [5.74, 6) is 0.925. The molecule has 1 unspecified atom stereocenters. The van der Waals surface area contributed by atoms with Gasteiger partial charge in [-0.25, -0.2) is 0 Å². The van der Waals surface area contributed by atoms with E-state index in [4.69, 9.17) is 4.42 Å². The van der Waals surface area contributed by atoms with E-state index in [0.717, 1.165) is 67.6 Å². The molecular formula is C67H102BN2O. The summed E-state index contributed by atoms with van der Waals surface area (Å²) in [4.78, 5) is 2.57. The fourth-order valence-corrected chi connectivity index (χ4v) is 10.1. The van der Waals surface area contributed by atoms with Crippen molar-refractivity contribution in [1.29, 1.82) is 0 Å². The lowest BCUT2D eigenvalue weighted by molar-refractivity contribution is 0.327. The van der Waals surface area contributed by atoms with Crippen molar-refractivity contribution in [3.05, 3.63) is 142 Å². The van der Waals surface area contributed by atoms with Crippen LogP contribution in [0.15, 0.2) is 135 Å². The number of nitrogens with one attached hydrogen (secondary N) is 1. The van der Waals surface area contributed by atoms with Crippen LogP contribution in [-0.4, -0.2) is 26.4 Å². The van der Waals surface area contributed by atoms with Crippen LogP contribution in [0.5, 0.6) is 0 Å². The minimum absolute atomic E-state index is 0.0161. The molecule has 1 N–H and O–H groups in total. The van der Waals surface area contributed by atoms with Gasteiger partial charge in [0.1, 0.15) is 5.58 Å². The second kappa shape index (κ2) is 23.8. The third-order valence-corrected chi connectivity index (χ3v) is 15.1. The molecule has 71 heavy (non-hydrogen) atoms. The fraction of sp³-hybridized carbons (Fsp3) is 0.582. The van der Waals surface area contributed by atoms with Crippen LogP contribution in [-0.2, 0) is 10.8 Å². The van der Waals surface area contributed by atoms with Crippen LogP contribution in [0.3, 0.4) is 0 Å². The number of fused-ring (bicyclic) bond motifs is 2. The van der Waals surface area contributed by atoms with E-state index in [0.29, 0.717) is 13.1 Å². The Morgan fingerprint density at radius 3 is 1.93 bits per heavy atom. The number of anilines is 1. The Labute approximate surface area is 438 Å². The highest BCUT2D eigenvalue weighted by molar-refractivity contribution is 6.66. The van der Waals surface area contributed by atoms with E-state index < -0.39 is 0 Å². The first-order valence-electron chi connectivity index (χ1n) is 27.5. The molecular weight excluding hydrogens is 860 g/mol. The van der Waals surface area contributed by atoms with Gasteiger partial charge in [-0.1, -0.05) is 203 Å². The number of nitrogens with zero attached hydrogens (tertiary/aromatic N) is 1. The van der Waals surface area contributed by atoms with Crippen molar-refractivity contribution in [2.24, 2.45) is 27.1 Å². The normalized spacial score (nSPS) is 21.7. The van der Waals surface area contributed by atoms with Gasteiger partial charge < -0.3 is 14.6 Å². The molecule has 1 atom stereocenters. The Hall–Kier alpha value is -4.18. The number of furan rings is 1. The zero-order valence-corrected chi connectivity index (χ0v) is 49.6. The number of hydrogen-bond donors (Lipinski definition) is 1. The zero-order chi connectivity index (χ0) is 53.4. The third kappa shape index (κ3) is 16.9. The van der Waals surface area contributed by atoms with E-state index in [-0.39, 0.29) is 43.9 Å². The average Bonchev–Trinajstić information content (AvgIpc) is 3.60. The molecule has 0 amide bonds. The Bertz CT molecular complexity index is 2450. The summed E-state index contributed by atoms with van der Waals surface area (Å²) in [6, 6.07) is 4.95. The predicted molar refractivity (Wildman–Crippen MR) is 318 cm³/mol. The van der Waals surface area contributed by atoms with Crippen molar-refractivity contribution < 1.29 is 4.42 Å². The fourth-order valence-electron chi connectivity index (χ4n) is 10.1. The summed E-state index contributed by atoms with van der Waals surface area (Å²) in [5.41, 5.74) is 13.0. The van der Waals surface area contributed by atoms with Gasteiger partial charge in [0.05, 0.1) is 6.04 Å². The number of hydrogen-bond acceptors (Lipinski definition) is 3. The molecule has 0 spiro atoms. The summed E-state index contributed by atoms with van der Waals surface area (Å²) in [6.07, 6.45) is 40.4. The van der Waals surface area contributed by atoms with Crippen molar-refractivity contribution >= 4 is 29.6 Å². The molecule has 0 saturated carbocycles. The summed E-state index contributed by atoms with van der Waals surface area (Å²) < 4.78 is 7.48. The Morgan fingerprint density at radius 1 is 0.775 bits per heavy atom. The van der Waals surface area contributed by atoms with Crippen LogP contribution in [0.25, 0.3) is 11.0 Å². The van der Waals surface area contributed by atoms with Gasteiger partial charge >= 0.3 is 0 Å². The maximum absolute atomic E-state index is 7.48. The lowest BCUT2D eigenvalue weighted by Crippen LogP contribution is -2.38. The Kier molecular flexibility index (Phi) is 19.9.